The van der Waals surface area contributed by atoms with E-state index in [9.17, 15) is 4.79 Å². The Morgan fingerprint density at radius 3 is 2.43 bits per heavy atom. The third-order valence-electron chi connectivity index (χ3n) is 4.13. The summed E-state index contributed by atoms with van der Waals surface area (Å²) in [6.45, 7) is 2.92. The van der Waals surface area contributed by atoms with E-state index in [1.807, 2.05) is 59.2 Å². The number of rotatable bonds is 6. The molecule has 3 aromatic rings. The van der Waals surface area contributed by atoms with Crippen LogP contribution in [0.5, 0.6) is 0 Å². The Hall–Kier alpha value is -2.42. The van der Waals surface area contributed by atoms with Crippen molar-refractivity contribution in [2.75, 3.05) is 0 Å². The molecule has 2 aromatic carbocycles. The molecule has 0 unspecified atom stereocenters. The summed E-state index contributed by atoms with van der Waals surface area (Å²) in [6, 6.07) is 17.6. The van der Waals surface area contributed by atoms with Crippen LogP contribution < -0.4 is 5.56 Å². The number of para-hydroxylation sites is 1. The zero-order valence-electron chi connectivity index (χ0n) is 13.5. The van der Waals surface area contributed by atoms with Gasteiger partial charge in [-0.25, -0.2) is 4.98 Å². The minimum Gasteiger partial charge on any atom is -0.292 e. The molecule has 1 aromatic heterocycles. The van der Waals surface area contributed by atoms with Gasteiger partial charge in [-0.1, -0.05) is 68.7 Å². The Kier molecular flexibility index (Phi) is 4.86. The standard InChI is InChI=1S/C20H22N2O/c1-2-3-4-10-15-22-19(16-11-6-5-7-12-16)21-18-14-9-8-13-17(18)20(22)23/h5-9,11-14H,2-4,10,15H2,1H3. The predicted octanol–water partition coefficient (Wildman–Crippen LogP) is 4.64. The molecule has 0 fully saturated rings. The van der Waals surface area contributed by atoms with Gasteiger partial charge < -0.3 is 0 Å². The topological polar surface area (TPSA) is 34.9 Å². The van der Waals surface area contributed by atoms with Gasteiger partial charge in [0.15, 0.2) is 0 Å². The van der Waals surface area contributed by atoms with Gasteiger partial charge in [0.1, 0.15) is 5.82 Å². The molecule has 0 aliphatic carbocycles. The second kappa shape index (κ2) is 7.23. The van der Waals surface area contributed by atoms with Crippen LogP contribution in [0.2, 0.25) is 0 Å². The van der Waals surface area contributed by atoms with E-state index >= 15 is 0 Å². The van der Waals surface area contributed by atoms with Crippen molar-refractivity contribution in [3.05, 3.63) is 65.0 Å². The van der Waals surface area contributed by atoms with Gasteiger partial charge in [0.05, 0.1) is 10.9 Å². The predicted molar refractivity (Wildman–Crippen MR) is 95.6 cm³/mol. The van der Waals surface area contributed by atoms with Crippen LogP contribution in [0.15, 0.2) is 59.4 Å². The molecule has 0 spiro atoms. The lowest BCUT2D eigenvalue weighted by atomic mass is 10.1. The molecule has 0 aliphatic rings. The zero-order chi connectivity index (χ0) is 16.1. The van der Waals surface area contributed by atoms with Gasteiger partial charge in [0, 0.05) is 12.1 Å². The highest BCUT2D eigenvalue weighted by Crippen LogP contribution is 2.19. The third kappa shape index (κ3) is 3.34. The Morgan fingerprint density at radius 1 is 0.913 bits per heavy atom. The fourth-order valence-electron chi connectivity index (χ4n) is 2.88. The Balaban J connectivity index is 2.10. The summed E-state index contributed by atoms with van der Waals surface area (Å²) in [5, 5.41) is 0.697. The van der Waals surface area contributed by atoms with Crippen LogP contribution in [0.4, 0.5) is 0 Å². The Labute approximate surface area is 136 Å². The van der Waals surface area contributed by atoms with Crippen molar-refractivity contribution >= 4 is 10.9 Å². The van der Waals surface area contributed by atoms with Crippen LogP contribution in [0.25, 0.3) is 22.3 Å². The van der Waals surface area contributed by atoms with Crippen molar-refractivity contribution in [2.24, 2.45) is 0 Å². The zero-order valence-corrected chi connectivity index (χ0v) is 13.5. The second-order valence-electron chi connectivity index (χ2n) is 5.84. The minimum absolute atomic E-state index is 0.0611. The molecule has 0 saturated heterocycles. The molecule has 3 rings (SSSR count). The van der Waals surface area contributed by atoms with Gasteiger partial charge in [-0.2, -0.15) is 0 Å². The summed E-state index contributed by atoms with van der Waals surface area (Å²) < 4.78 is 1.84. The molecule has 0 N–H and O–H groups in total. The first-order valence-electron chi connectivity index (χ1n) is 8.36. The number of fused-ring (bicyclic) bond motifs is 1. The first-order chi connectivity index (χ1) is 11.3. The van der Waals surface area contributed by atoms with Crippen LogP contribution in [0.1, 0.15) is 32.6 Å². The summed E-state index contributed by atoms with van der Waals surface area (Å²) in [5.41, 5.74) is 1.82. The normalized spacial score (nSPS) is 11.0. The van der Waals surface area contributed by atoms with Crippen LogP contribution in [0, 0.1) is 0 Å². The molecular weight excluding hydrogens is 284 g/mol. The van der Waals surface area contributed by atoms with Crippen molar-refractivity contribution in [3.8, 4) is 11.4 Å². The van der Waals surface area contributed by atoms with Gasteiger partial charge >= 0.3 is 0 Å². The lowest BCUT2D eigenvalue weighted by Crippen LogP contribution is -2.23. The number of hydrogen-bond acceptors (Lipinski definition) is 2. The Bertz CT molecular complexity index is 837. The average molecular weight is 306 g/mol. The maximum absolute atomic E-state index is 12.9. The summed E-state index contributed by atoms with van der Waals surface area (Å²) in [4.78, 5) is 17.7. The second-order valence-corrected chi connectivity index (χ2v) is 5.84. The van der Waals surface area contributed by atoms with E-state index in [4.69, 9.17) is 4.98 Å². The van der Waals surface area contributed by atoms with Gasteiger partial charge in [0.2, 0.25) is 0 Å². The fraction of sp³-hybridized carbons (Fsp3) is 0.300. The van der Waals surface area contributed by atoms with Gasteiger partial charge in [-0.05, 0) is 18.6 Å². The van der Waals surface area contributed by atoms with Gasteiger partial charge in [0.25, 0.3) is 5.56 Å². The first kappa shape index (κ1) is 15.5. The molecule has 0 aliphatic heterocycles. The molecule has 118 valence electrons. The van der Waals surface area contributed by atoms with Crippen LogP contribution in [0.3, 0.4) is 0 Å². The smallest absolute Gasteiger partial charge is 0.261 e. The molecule has 3 nitrogen and oxygen atoms in total. The SMILES string of the molecule is CCCCCCn1c(-c2ccccc2)nc2ccccc2c1=O. The quantitative estimate of drug-likeness (QED) is 0.622. The highest BCUT2D eigenvalue weighted by atomic mass is 16.1. The summed E-state index contributed by atoms with van der Waals surface area (Å²) in [5.74, 6) is 0.769. The summed E-state index contributed by atoms with van der Waals surface area (Å²) >= 11 is 0. The lowest BCUT2D eigenvalue weighted by molar-refractivity contribution is 0.572. The molecule has 0 atom stereocenters. The van der Waals surface area contributed by atoms with E-state index < -0.39 is 0 Å². The van der Waals surface area contributed by atoms with Gasteiger partial charge in [-0.3, -0.25) is 9.36 Å². The minimum atomic E-state index is 0.0611. The Morgan fingerprint density at radius 2 is 1.65 bits per heavy atom. The highest BCUT2D eigenvalue weighted by molar-refractivity contribution is 5.79. The van der Waals surface area contributed by atoms with Crippen molar-refractivity contribution in [2.45, 2.75) is 39.2 Å². The summed E-state index contributed by atoms with van der Waals surface area (Å²) in [7, 11) is 0. The molecule has 0 bridgehead atoms. The van der Waals surface area contributed by atoms with Crippen LogP contribution in [-0.2, 0) is 6.54 Å². The molecule has 0 amide bonds. The highest BCUT2D eigenvalue weighted by Gasteiger charge is 2.12. The number of benzene rings is 2. The van der Waals surface area contributed by atoms with Gasteiger partial charge in [-0.15, -0.1) is 0 Å². The molecule has 0 saturated carbocycles. The van der Waals surface area contributed by atoms with E-state index in [1.54, 1.807) is 0 Å². The molecule has 23 heavy (non-hydrogen) atoms. The van der Waals surface area contributed by atoms with Crippen molar-refractivity contribution in [1.82, 2.24) is 9.55 Å². The maximum Gasteiger partial charge on any atom is 0.261 e. The molecule has 3 heteroatoms. The van der Waals surface area contributed by atoms with E-state index in [2.05, 4.69) is 6.92 Å². The molecule has 0 radical (unpaired) electrons. The molecular formula is C20H22N2O. The molecule has 1 heterocycles. The number of nitrogens with zero attached hydrogens (tertiary/aromatic N) is 2. The summed E-state index contributed by atoms with van der Waals surface area (Å²) in [6.07, 6.45) is 4.55. The monoisotopic (exact) mass is 306 g/mol. The third-order valence-corrected chi connectivity index (χ3v) is 4.13. The van der Waals surface area contributed by atoms with Crippen LogP contribution in [-0.4, -0.2) is 9.55 Å². The van der Waals surface area contributed by atoms with E-state index in [0.29, 0.717) is 5.39 Å². The number of aromatic nitrogens is 2. The number of hydrogen-bond donors (Lipinski definition) is 0. The van der Waals surface area contributed by atoms with E-state index in [-0.39, 0.29) is 5.56 Å². The first-order valence-corrected chi connectivity index (χ1v) is 8.36. The lowest BCUT2D eigenvalue weighted by Gasteiger charge is -2.13. The van der Waals surface area contributed by atoms with Crippen molar-refractivity contribution in [1.29, 1.82) is 0 Å². The average Bonchev–Trinajstić information content (AvgIpc) is 2.61. The van der Waals surface area contributed by atoms with E-state index in [0.717, 1.165) is 36.3 Å². The van der Waals surface area contributed by atoms with Crippen molar-refractivity contribution < 1.29 is 0 Å². The van der Waals surface area contributed by atoms with Crippen molar-refractivity contribution in [3.63, 3.8) is 0 Å². The fourth-order valence-corrected chi connectivity index (χ4v) is 2.88. The van der Waals surface area contributed by atoms with E-state index in [1.165, 1.54) is 12.8 Å². The largest absolute Gasteiger partial charge is 0.292 e. The van der Waals surface area contributed by atoms with Crippen LogP contribution >= 0.6 is 0 Å². The maximum atomic E-state index is 12.9. The number of unbranched alkanes of at least 4 members (excludes halogenated alkanes) is 3.